The highest BCUT2D eigenvalue weighted by molar-refractivity contribution is 6.07. The SMILES string of the molecule is O=C1N=[N+](c2ccc([N+](=O)[O-])cc2)C(=O)c2ccccc21. The number of azo groups is 2. The van der Waals surface area contributed by atoms with Gasteiger partial charge >= 0.3 is 11.8 Å². The van der Waals surface area contributed by atoms with Gasteiger partial charge in [0, 0.05) is 24.3 Å². The van der Waals surface area contributed by atoms with Crippen LogP contribution in [0.25, 0.3) is 0 Å². The molecule has 2 amide bonds. The largest absolute Gasteiger partial charge is 0.451 e. The van der Waals surface area contributed by atoms with Crippen molar-refractivity contribution < 1.29 is 19.2 Å². The summed E-state index contributed by atoms with van der Waals surface area (Å²) in [5.41, 5.74) is 0.708. The van der Waals surface area contributed by atoms with Crippen LogP contribution in [0.2, 0.25) is 0 Å². The number of rotatable bonds is 2. The first-order valence-corrected chi connectivity index (χ1v) is 6.02. The lowest BCUT2D eigenvalue weighted by Crippen LogP contribution is -2.24. The molecule has 0 aromatic heterocycles. The molecule has 1 aliphatic rings. The highest BCUT2D eigenvalue weighted by Crippen LogP contribution is 2.24. The van der Waals surface area contributed by atoms with E-state index in [1.165, 1.54) is 30.3 Å². The zero-order valence-corrected chi connectivity index (χ0v) is 10.6. The minimum absolute atomic E-state index is 0.102. The summed E-state index contributed by atoms with van der Waals surface area (Å²) in [6.45, 7) is 0. The van der Waals surface area contributed by atoms with Crippen LogP contribution < -0.4 is 0 Å². The molecule has 0 saturated carbocycles. The van der Waals surface area contributed by atoms with Gasteiger partial charge in [0.05, 0.1) is 15.6 Å². The number of nitro groups is 1. The molecular weight excluding hydrogens is 274 g/mol. The van der Waals surface area contributed by atoms with Crippen molar-refractivity contribution in [2.24, 2.45) is 5.11 Å². The average Bonchev–Trinajstić information content (AvgIpc) is 2.51. The van der Waals surface area contributed by atoms with E-state index in [0.717, 1.165) is 4.70 Å². The Morgan fingerprint density at radius 1 is 0.952 bits per heavy atom. The number of carbonyl (C=O) groups is 2. The standard InChI is InChI=1S/C14H8N3O4/c18-13-11-3-1-2-4-12(11)14(19)16(15-13)9-5-7-10(8-6-9)17(20)21/h1-8H/q+1. The second-order valence-electron chi connectivity index (χ2n) is 4.34. The summed E-state index contributed by atoms with van der Waals surface area (Å²) in [5.74, 6) is -0.970. The van der Waals surface area contributed by atoms with Crippen molar-refractivity contribution in [3.63, 3.8) is 0 Å². The van der Waals surface area contributed by atoms with E-state index in [1.807, 2.05) is 0 Å². The number of nitrogens with zero attached hydrogens (tertiary/aromatic N) is 3. The predicted octanol–water partition coefficient (Wildman–Crippen LogP) is 2.69. The Labute approximate surface area is 118 Å². The summed E-state index contributed by atoms with van der Waals surface area (Å²) >= 11 is 0. The summed E-state index contributed by atoms with van der Waals surface area (Å²) in [6, 6.07) is 11.6. The lowest BCUT2D eigenvalue weighted by molar-refractivity contribution is -0.408. The van der Waals surface area contributed by atoms with Gasteiger partial charge in [0.2, 0.25) is 5.69 Å². The molecule has 21 heavy (non-hydrogen) atoms. The Morgan fingerprint density at radius 2 is 1.57 bits per heavy atom. The molecule has 2 aromatic carbocycles. The van der Waals surface area contributed by atoms with Gasteiger partial charge in [-0.15, -0.1) is 0 Å². The lowest BCUT2D eigenvalue weighted by atomic mass is 10.0. The maximum atomic E-state index is 12.3. The zero-order valence-electron chi connectivity index (χ0n) is 10.6. The van der Waals surface area contributed by atoms with Crippen LogP contribution in [0, 0.1) is 10.1 Å². The fourth-order valence-corrected chi connectivity index (χ4v) is 2.05. The van der Waals surface area contributed by atoms with E-state index in [2.05, 4.69) is 5.11 Å². The topological polar surface area (TPSA) is 92.7 Å². The van der Waals surface area contributed by atoms with Crippen LogP contribution in [0.1, 0.15) is 20.7 Å². The number of nitro benzene ring substituents is 1. The van der Waals surface area contributed by atoms with Gasteiger partial charge in [-0.25, -0.2) is 4.79 Å². The average molecular weight is 282 g/mol. The summed E-state index contributed by atoms with van der Waals surface area (Å²) < 4.78 is 0.953. The van der Waals surface area contributed by atoms with Crippen molar-refractivity contribution >= 4 is 23.2 Å². The van der Waals surface area contributed by atoms with Crippen LogP contribution in [-0.4, -0.2) is 21.4 Å². The van der Waals surface area contributed by atoms with E-state index in [9.17, 15) is 19.7 Å². The summed E-state index contributed by atoms with van der Waals surface area (Å²) in [6.07, 6.45) is 0. The zero-order chi connectivity index (χ0) is 15.0. The number of fused-ring (bicyclic) bond motifs is 1. The molecule has 0 N–H and O–H groups in total. The van der Waals surface area contributed by atoms with E-state index in [4.69, 9.17) is 0 Å². The molecule has 1 heterocycles. The van der Waals surface area contributed by atoms with Crippen molar-refractivity contribution in [2.75, 3.05) is 0 Å². The Morgan fingerprint density at radius 3 is 2.19 bits per heavy atom. The summed E-state index contributed by atoms with van der Waals surface area (Å²) in [7, 11) is 0. The summed E-state index contributed by atoms with van der Waals surface area (Å²) in [4.78, 5) is 34.3. The molecule has 0 unspecified atom stereocenters. The molecule has 0 radical (unpaired) electrons. The molecule has 7 nitrogen and oxygen atoms in total. The first kappa shape index (κ1) is 12.8. The normalized spacial score (nSPS) is 13.6. The molecule has 2 aromatic rings. The van der Waals surface area contributed by atoms with E-state index >= 15 is 0 Å². The molecule has 0 saturated heterocycles. The first-order valence-electron chi connectivity index (χ1n) is 6.02. The fourth-order valence-electron chi connectivity index (χ4n) is 2.05. The molecule has 0 fully saturated rings. The highest BCUT2D eigenvalue weighted by Gasteiger charge is 2.36. The molecule has 0 bridgehead atoms. The van der Waals surface area contributed by atoms with Gasteiger partial charge in [0.25, 0.3) is 5.69 Å². The third-order valence-corrected chi connectivity index (χ3v) is 3.08. The Balaban J connectivity index is 2.06. The fraction of sp³-hybridized carbons (Fsp3) is 0. The quantitative estimate of drug-likeness (QED) is 0.481. The van der Waals surface area contributed by atoms with Gasteiger partial charge in [0.1, 0.15) is 5.56 Å². The predicted molar refractivity (Wildman–Crippen MR) is 70.5 cm³/mol. The Bertz CT molecular complexity index is 809. The van der Waals surface area contributed by atoms with E-state index in [1.54, 1.807) is 18.2 Å². The smallest absolute Gasteiger partial charge is 0.260 e. The van der Waals surface area contributed by atoms with Crippen LogP contribution in [0.3, 0.4) is 0 Å². The third-order valence-electron chi connectivity index (χ3n) is 3.08. The molecule has 1 aliphatic heterocycles. The van der Waals surface area contributed by atoms with Crippen LogP contribution in [0.15, 0.2) is 53.6 Å². The minimum atomic E-state index is -0.542. The van der Waals surface area contributed by atoms with Crippen molar-refractivity contribution in [3.8, 4) is 0 Å². The van der Waals surface area contributed by atoms with Crippen LogP contribution in [0.4, 0.5) is 11.4 Å². The van der Waals surface area contributed by atoms with Crippen molar-refractivity contribution in [2.45, 2.75) is 0 Å². The molecular formula is C14H8N3O4+. The van der Waals surface area contributed by atoms with E-state index < -0.39 is 16.7 Å². The number of carbonyl (C=O) groups excluding carboxylic acids is 2. The highest BCUT2D eigenvalue weighted by atomic mass is 16.6. The maximum absolute atomic E-state index is 12.3. The Kier molecular flexibility index (Phi) is 2.87. The second-order valence-corrected chi connectivity index (χ2v) is 4.34. The van der Waals surface area contributed by atoms with Gasteiger partial charge in [-0.1, -0.05) is 12.1 Å². The number of non-ortho nitro benzene ring substituents is 1. The van der Waals surface area contributed by atoms with E-state index in [-0.39, 0.29) is 16.8 Å². The number of hydrogen-bond donors (Lipinski definition) is 0. The van der Waals surface area contributed by atoms with Crippen LogP contribution in [-0.2, 0) is 0 Å². The van der Waals surface area contributed by atoms with Gasteiger partial charge in [-0.05, 0) is 16.8 Å². The van der Waals surface area contributed by atoms with Gasteiger partial charge in [-0.2, -0.15) is 0 Å². The van der Waals surface area contributed by atoms with Crippen LogP contribution >= 0.6 is 0 Å². The van der Waals surface area contributed by atoms with Gasteiger partial charge in [0.15, 0.2) is 0 Å². The summed E-state index contributed by atoms with van der Waals surface area (Å²) in [5, 5.41) is 14.3. The van der Waals surface area contributed by atoms with Crippen LogP contribution in [0.5, 0.6) is 0 Å². The molecule has 0 spiro atoms. The molecule has 0 aliphatic carbocycles. The van der Waals surface area contributed by atoms with E-state index in [0.29, 0.717) is 5.69 Å². The molecule has 102 valence electrons. The van der Waals surface area contributed by atoms with Crippen molar-refractivity contribution in [1.29, 1.82) is 0 Å². The molecule has 0 atom stereocenters. The second kappa shape index (κ2) is 4.71. The first-order chi connectivity index (χ1) is 10.1. The van der Waals surface area contributed by atoms with Gasteiger partial charge < -0.3 is 0 Å². The van der Waals surface area contributed by atoms with Crippen molar-refractivity contribution in [3.05, 3.63) is 69.8 Å². The maximum Gasteiger partial charge on any atom is 0.451 e. The lowest BCUT2D eigenvalue weighted by Gasteiger charge is -2.06. The van der Waals surface area contributed by atoms with Gasteiger partial charge in [-0.3, -0.25) is 14.9 Å². The Hall–Kier alpha value is -3.22. The molecule has 3 rings (SSSR count). The minimum Gasteiger partial charge on any atom is -0.260 e. The number of amides is 2. The third kappa shape index (κ3) is 2.10. The van der Waals surface area contributed by atoms with Crippen molar-refractivity contribution in [1.82, 2.24) is 0 Å². The molecule has 7 heteroatoms. The monoisotopic (exact) mass is 282 g/mol. The number of benzene rings is 2. The number of hydrogen-bond acceptors (Lipinski definition) is 4.